The van der Waals surface area contributed by atoms with E-state index in [1.807, 2.05) is 0 Å². The van der Waals surface area contributed by atoms with Crippen LogP contribution in [0.5, 0.6) is 0 Å². The van der Waals surface area contributed by atoms with Gasteiger partial charge in [-0.3, -0.25) is 0 Å². The van der Waals surface area contributed by atoms with Gasteiger partial charge in [0, 0.05) is 0 Å². The summed E-state index contributed by atoms with van der Waals surface area (Å²) < 4.78 is 0. The molecule has 2 rings (SSSR count). The molecule has 0 radical (unpaired) electrons. The van der Waals surface area contributed by atoms with E-state index < -0.39 is 12.1 Å². The standard InChI is InChI=1S/C8H8O3.C6H13N/c9-7(8(10)11)6-4-2-1-3-5-6;1-6-3-2-4-7-5-6/h1-5,7,9H,(H,10,11);6-7H,2-5H2,1H3/p-1/t7-;6-/m00/s1. The number of nitrogens with one attached hydrogen (secondary N) is 1. The van der Waals surface area contributed by atoms with Crippen molar-refractivity contribution in [2.75, 3.05) is 13.1 Å². The number of aliphatic hydroxyl groups is 1. The van der Waals surface area contributed by atoms with Gasteiger partial charge in [0.25, 0.3) is 0 Å². The van der Waals surface area contributed by atoms with E-state index in [0.717, 1.165) is 5.92 Å². The van der Waals surface area contributed by atoms with Crippen molar-refractivity contribution in [1.82, 2.24) is 5.32 Å². The summed E-state index contributed by atoms with van der Waals surface area (Å²) >= 11 is 0. The molecule has 2 atom stereocenters. The van der Waals surface area contributed by atoms with Gasteiger partial charge in [-0.15, -0.1) is 0 Å². The Morgan fingerprint density at radius 1 is 1.44 bits per heavy atom. The van der Waals surface area contributed by atoms with Crippen LogP contribution in [-0.2, 0) is 4.79 Å². The first-order chi connectivity index (χ1) is 8.61. The molecule has 1 aromatic rings. The van der Waals surface area contributed by atoms with Gasteiger partial charge in [-0.1, -0.05) is 37.3 Å². The molecule has 1 aromatic carbocycles. The highest BCUT2D eigenvalue weighted by molar-refractivity contribution is 5.71. The van der Waals surface area contributed by atoms with Crippen LogP contribution < -0.4 is 10.4 Å². The molecular weight excluding hydrogens is 230 g/mol. The lowest BCUT2D eigenvalue weighted by atomic mass is 10.0. The highest BCUT2D eigenvalue weighted by Gasteiger charge is 2.06. The number of carbonyl (C=O) groups excluding carboxylic acids is 1. The number of aliphatic carboxylic acids is 1. The molecule has 1 heterocycles. The minimum atomic E-state index is -1.52. The van der Waals surface area contributed by atoms with Gasteiger partial charge in [0.05, 0.1) is 5.97 Å². The quantitative estimate of drug-likeness (QED) is 0.800. The van der Waals surface area contributed by atoms with Crippen molar-refractivity contribution in [3.8, 4) is 0 Å². The molecular formula is C14H20NO3-. The average molecular weight is 250 g/mol. The van der Waals surface area contributed by atoms with Crippen LogP contribution in [0.1, 0.15) is 31.4 Å². The zero-order valence-electron chi connectivity index (χ0n) is 10.6. The Morgan fingerprint density at radius 3 is 2.50 bits per heavy atom. The fourth-order valence-electron chi connectivity index (χ4n) is 1.80. The van der Waals surface area contributed by atoms with Crippen LogP contribution in [0.25, 0.3) is 0 Å². The van der Waals surface area contributed by atoms with Crippen LogP contribution in [-0.4, -0.2) is 24.2 Å². The van der Waals surface area contributed by atoms with E-state index in [4.69, 9.17) is 5.11 Å². The van der Waals surface area contributed by atoms with Crippen molar-refractivity contribution < 1.29 is 15.0 Å². The van der Waals surface area contributed by atoms with Gasteiger partial charge in [-0.05, 0) is 37.4 Å². The van der Waals surface area contributed by atoms with Crippen molar-refractivity contribution in [2.45, 2.75) is 25.9 Å². The summed E-state index contributed by atoms with van der Waals surface area (Å²) in [5, 5.41) is 22.4. The molecule has 1 fully saturated rings. The Morgan fingerprint density at radius 2 is 2.11 bits per heavy atom. The van der Waals surface area contributed by atoms with E-state index in [0.29, 0.717) is 5.56 Å². The smallest absolute Gasteiger partial charge is 0.118 e. The van der Waals surface area contributed by atoms with E-state index in [9.17, 15) is 9.90 Å². The predicted octanol–water partition coefficient (Wildman–Crippen LogP) is 0.476. The van der Waals surface area contributed by atoms with E-state index >= 15 is 0 Å². The minimum absolute atomic E-state index is 0.340. The molecule has 0 aromatic heterocycles. The van der Waals surface area contributed by atoms with E-state index in [1.54, 1.807) is 18.2 Å². The summed E-state index contributed by atoms with van der Waals surface area (Å²) in [6, 6.07) is 8.11. The molecule has 1 aliphatic heterocycles. The van der Waals surface area contributed by atoms with Crippen LogP contribution in [0.15, 0.2) is 30.3 Å². The summed E-state index contributed by atoms with van der Waals surface area (Å²) in [5.74, 6) is -0.551. The van der Waals surface area contributed by atoms with Gasteiger partial charge in [0.2, 0.25) is 0 Å². The van der Waals surface area contributed by atoms with Crippen LogP contribution in [0.2, 0.25) is 0 Å². The predicted molar refractivity (Wildman–Crippen MR) is 67.7 cm³/mol. The van der Waals surface area contributed by atoms with Gasteiger partial charge in [0.15, 0.2) is 0 Å². The zero-order chi connectivity index (χ0) is 13.4. The number of aliphatic hydroxyl groups excluding tert-OH is 1. The fourth-order valence-corrected chi connectivity index (χ4v) is 1.80. The lowest BCUT2D eigenvalue weighted by Gasteiger charge is -2.17. The molecule has 0 saturated carbocycles. The first-order valence-electron chi connectivity index (χ1n) is 6.26. The molecule has 0 bridgehead atoms. The maximum atomic E-state index is 10.1. The number of carboxylic acids is 1. The third-order valence-corrected chi connectivity index (χ3v) is 2.88. The Hall–Kier alpha value is -1.39. The lowest BCUT2D eigenvalue weighted by molar-refractivity contribution is -0.315. The Labute approximate surface area is 108 Å². The van der Waals surface area contributed by atoms with Crippen LogP contribution >= 0.6 is 0 Å². The third kappa shape index (κ3) is 5.29. The molecule has 100 valence electrons. The van der Waals surface area contributed by atoms with Crippen molar-refractivity contribution in [2.24, 2.45) is 5.92 Å². The topological polar surface area (TPSA) is 72.4 Å². The summed E-state index contributed by atoms with van der Waals surface area (Å²) in [6.07, 6.45) is 1.28. The molecule has 0 amide bonds. The molecule has 4 nitrogen and oxygen atoms in total. The SMILES string of the molecule is C[C@H]1CCCNC1.O=C([O-])[C@@H](O)c1ccccc1. The summed E-state index contributed by atoms with van der Waals surface area (Å²) in [4.78, 5) is 10.1. The van der Waals surface area contributed by atoms with Gasteiger partial charge < -0.3 is 20.3 Å². The number of hydrogen-bond donors (Lipinski definition) is 2. The van der Waals surface area contributed by atoms with E-state index in [1.165, 1.54) is 38.1 Å². The van der Waals surface area contributed by atoms with E-state index in [2.05, 4.69) is 12.2 Å². The Bertz CT molecular complexity index is 347. The normalized spacial score (nSPS) is 20.4. The van der Waals surface area contributed by atoms with E-state index in [-0.39, 0.29) is 0 Å². The van der Waals surface area contributed by atoms with Gasteiger partial charge >= 0.3 is 0 Å². The molecule has 1 saturated heterocycles. The van der Waals surface area contributed by atoms with Gasteiger partial charge in [-0.25, -0.2) is 0 Å². The molecule has 0 unspecified atom stereocenters. The monoisotopic (exact) mass is 250 g/mol. The first-order valence-corrected chi connectivity index (χ1v) is 6.26. The van der Waals surface area contributed by atoms with Crippen LogP contribution in [0, 0.1) is 5.92 Å². The van der Waals surface area contributed by atoms with Crippen molar-refractivity contribution in [1.29, 1.82) is 0 Å². The molecule has 0 spiro atoms. The highest BCUT2D eigenvalue weighted by atomic mass is 16.4. The minimum Gasteiger partial charge on any atom is -0.547 e. The van der Waals surface area contributed by atoms with Crippen molar-refractivity contribution in [3.63, 3.8) is 0 Å². The highest BCUT2D eigenvalue weighted by Crippen LogP contribution is 2.09. The second-order valence-electron chi connectivity index (χ2n) is 4.58. The van der Waals surface area contributed by atoms with Crippen LogP contribution in [0.3, 0.4) is 0 Å². The summed E-state index contributed by atoms with van der Waals surface area (Å²) in [7, 11) is 0. The van der Waals surface area contributed by atoms with Crippen molar-refractivity contribution in [3.05, 3.63) is 35.9 Å². The maximum absolute atomic E-state index is 10.1. The lowest BCUT2D eigenvalue weighted by Crippen LogP contribution is -2.29. The number of rotatable bonds is 2. The van der Waals surface area contributed by atoms with Gasteiger partial charge in [0.1, 0.15) is 6.10 Å². The largest absolute Gasteiger partial charge is 0.547 e. The molecule has 1 aliphatic rings. The first kappa shape index (κ1) is 14.7. The number of benzene rings is 1. The Balaban J connectivity index is 0.000000199. The van der Waals surface area contributed by atoms with Crippen LogP contribution in [0.4, 0.5) is 0 Å². The molecule has 18 heavy (non-hydrogen) atoms. The second kappa shape index (κ2) is 7.84. The number of hydrogen-bond acceptors (Lipinski definition) is 4. The summed E-state index contributed by atoms with van der Waals surface area (Å²) in [5.41, 5.74) is 0.340. The zero-order valence-corrected chi connectivity index (χ0v) is 10.6. The number of carbonyl (C=O) groups is 1. The summed E-state index contributed by atoms with van der Waals surface area (Å²) in [6.45, 7) is 4.77. The molecule has 0 aliphatic carbocycles. The number of carboxylic acid groups (broad SMARTS) is 1. The van der Waals surface area contributed by atoms with Gasteiger partial charge in [-0.2, -0.15) is 0 Å². The average Bonchev–Trinajstić information content (AvgIpc) is 2.40. The Kier molecular flexibility index (Phi) is 6.39. The second-order valence-corrected chi connectivity index (χ2v) is 4.58. The fraction of sp³-hybridized carbons (Fsp3) is 0.500. The molecule has 4 heteroatoms. The third-order valence-electron chi connectivity index (χ3n) is 2.88. The molecule has 2 N–H and O–H groups in total. The maximum Gasteiger partial charge on any atom is 0.118 e. The number of piperidine rings is 1. The van der Waals surface area contributed by atoms with Crippen molar-refractivity contribution >= 4 is 5.97 Å².